The van der Waals surface area contributed by atoms with Crippen LogP contribution in [0.2, 0.25) is 5.02 Å². The molecule has 0 bridgehead atoms. The predicted octanol–water partition coefficient (Wildman–Crippen LogP) is 2.93. The van der Waals surface area contributed by atoms with Gasteiger partial charge in [-0.2, -0.15) is 0 Å². The van der Waals surface area contributed by atoms with Crippen molar-refractivity contribution in [2.75, 3.05) is 11.1 Å². The Morgan fingerprint density at radius 1 is 1.13 bits per heavy atom. The number of amides is 1. The third kappa shape index (κ3) is 5.19. The van der Waals surface area contributed by atoms with Crippen LogP contribution in [0, 0.1) is 0 Å². The zero-order valence-corrected chi connectivity index (χ0v) is 13.6. The van der Waals surface area contributed by atoms with E-state index >= 15 is 0 Å². The van der Waals surface area contributed by atoms with Crippen molar-refractivity contribution < 1.29 is 18.9 Å². The average Bonchev–Trinajstić information content (AvgIpc) is 2.47. The number of hydrogen-bond donors (Lipinski definition) is 2. The van der Waals surface area contributed by atoms with E-state index in [4.69, 9.17) is 16.7 Å². The minimum absolute atomic E-state index is 0.0726. The second-order valence-corrected chi connectivity index (χ2v) is 6.65. The standard InChI is InChI=1S/C16H14ClNO4S/c17-12-6-7-13(16(20)21)14(8-12)18-15(19)10-23(22)9-11-4-2-1-3-5-11/h1-8H,9-10H2,(H,18,19)(H,20,21). The summed E-state index contributed by atoms with van der Waals surface area (Å²) in [6, 6.07) is 13.3. The Bertz CT molecular complexity index is 749. The minimum Gasteiger partial charge on any atom is -0.478 e. The summed E-state index contributed by atoms with van der Waals surface area (Å²) in [5.41, 5.74) is 0.885. The SMILES string of the molecule is O=C(CS(=O)Cc1ccccc1)Nc1cc(Cl)ccc1C(=O)O. The molecule has 0 fully saturated rings. The summed E-state index contributed by atoms with van der Waals surface area (Å²) >= 11 is 5.81. The van der Waals surface area contributed by atoms with E-state index in [1.165, 1.54) is 18.2 Å². The molecule has 2 aromatic carbocycles. The third-order valence-corrected chi connectivity index (χ3v) is 4.42. The first-order valence-electron chi connectivity index (χ1n) is 6.67. The fourth-order valence-corrected chi connectivity index (χ4v) is 3.15. The number of aromatic carboxylic acids is 1. The lowest BCUT2D eigenvalue weighted by atomic mass is 10.2. The molecule has 0 aromatic heterocycles. The number of carbonyl (C=O) groups excluding carboxylic acids is 1. The highest BCUT2D eigenvalue weighted by Gasteiger charge is 2.15. The molecular formula is C16H14ClNO4S. The van der Waals surface area contributed by atoms with Gasteiger partial charge in [-0.3, -0.25) is 9.00 Å². The minimum atomic E-state index is -1.39. The third-order valence-electron chi connectivity index (χ3n) is 2.95. The summed E-state index contributed by atoms with van der Waals surface area (Å²) in [5.74, 6) is -1.66. The molecule has 0 saturated heterocycles. The number of halogens is 1. The second-order valence-electron chi connectivity index (χ2n) is 4.76. The topological polar surface area (TPSA) is 83.5 Å². The lowest BCUT2D eigenvalue weighted by Crippen LogP contribution is -2.21. The fraction of sp³-hybridized carbons (Fsp3) is 0.125. The molecule has 120 valence electrons. The molecule has 0 radical (unpaired) electrons. The number of carboxylic acids is 1. The number of benzene rings is 2. The Labute approximate surface area is 140 Å². The van der Waals surface area contributed by atoms with Crippen LogP contribution in [0.1, 0.15) is 15.9 Å². The highest BCUT2D eigenvalue weighted by molar-refractivity contribution is 7.84. The van der Waals surface area contributed by atoms with Gasteiger partial charge in [-0.25, -0.2) is 4.79 Å². The lowest BCUT2D eigenvalue weighted by molar-refractivity contribution is -0.113. The van der Waals surface area contributed by atoms with Gasteiger partial charge < -0.3 is 10.4 Å². The quantitative estimate of drug-likeness (QED) is 0.838. The van der Waals surface area contributed by atoms with Crippen LogP contribution in [0.5, 0.6) is 0 Å². The van der Waals surface area contributed by atoms with E-state index in [0.717, 1.165) is 5.56 Å². The van der Waals surface area contributed by atoms with Crippen LogP contribution in [0.25, 0.3) is 0 Å². The smallest absolute Gasteiger partial charge is 0.337 e. The van der Waals surface area contributed by atoms with Crippen LogP contribution in [-0.2, 0) is 21.3 Å². The largest absolute Gasteiger partial charge is 0.478 e. The van der Waals surface area contributed by atoms with Crippen LogP contribution >= 0.6 is 11.6 Å². The van der Waals surface area contributed by atoms with Gasteiger partial charge in [-0.15, -0.1) is 0 Å². The molecule has 2 aromatic rings. The van der Waals surface area contributed by atoms with Crippen molar-refractivity contribution in [3.63, 3.8) is 0 Å². The Balaban J connectivity index is 2.01. The summed E-state index contributed by atoms with van der Waals surface area (Å²) < 4.78 is 12.0. The first kappa shape index (κ1) is 17.2. The predicted molar refractivity (Wildman–Crippen MR) is 90.2 cm³/mol. The second kappa shape index (κ2) is 7.89. The van der Waals surface area contributed by atoms with Gasteiger partial charge >= 0.3 is 5.97 Å². The van der Waals surface area contributed by atoms with E-state index in [1.807, 2.05) is 30.3 Å². The summed E-state index contributed by atoms with van der Waals surface area (Å²) in [7, 11) is -1.39. The van der Waals surface area contributed by atoms with Crippen molar-refractivity contribution in [2.45, 2.75) is 5.75 Å². The van der Waals surface area contributed by atoms with Gasteiger partial charge in [-0.05, 0) is 23.8 Å². The molecule has 1 unspecified atom stereocenters. The van der Waals surface area contributed by atoms with Gasteiger partial charge in [0.15, 0.2) is 0 Å². The molecule has 0 aliphatic carbocycles. The van der Waals surface area contributed by atoms with Gasteiger partial charge in [-0.1, -0.05) is 41.9 Å². The lowest BCUT2D eigenvalue weighted by Gasteiger charge is -2.09. The van der Waals surface area contributed by atoms with E-state index in [0.29, 0.717) is 5.02 Å². The number of carbonyl (C=O) groups is 2. The Morgan fingerprint density at radius 2 is 1.83 bits per heavy atom. The molecule has 7 heteroatoms. The van der Waals surface area contributed by atoms with E-state index in [9.17, 15) is 13.8 Å². The summed E-state index contributed by atoms with van der Waals surface area (Å²) in [6.45, 7) is 0. The molecule has 0 spiro atoms. The van der Waals surface area contributed by atoms with Crippen LogP contribution in [0.15, 0.2) is 48.5 Å². The maximum atomic E-state index is 12.0. The molecule has 0 aliphatic heterocycles. The summed E-state index contributed by atoms with van der Waals surface area (Å²) in [6.07, 6.45) is 0. The van der Waals surface area contributed by atoms with Crippen molar-refractivity contribution in [2.24, 2.45) is 0 Å². The number of anilines is 1. The van der Waals surface area contributed by atoms with Crippen molar-refractivity contribution >= 4 is 40.0 Å². The first-order chi connectivity index (χ1) is 11.0. The Morgan fingerprint density at radius 3 is 2.48 bits per heavy atom. The van der Waals surface area contributed by atoms with Gasteiger partial charge in [0, 0.05) is 21.6 Å². The number of rotatable bonds is 6. The van der Waals surface area contributed by atoms with Crippen molar-refractivity contribution in [1.82, 2.24) is 0 Å². The van der Waals surface area contributed by atoms with Gasteiger partial charge in [0.05, 0.1) is 11.3 Å². The van der Waals surface area contributed by atoms with Crippen molar-refractivity contribution in [3.05, 3.63) is 64.7 Å². The van der Waals surface area contributed by atoms with Crippen molar-refractivity contribution in [1.29, 1.82) is 0 Å². The summed E-state index contributed by atoms with van der Waals surface area (Å²) in [4.78, 5) is 23.1. The molecular weight excluding hydrogens is 338 g/mol. The Kier molecular flexibility index (Phi) is 5.90. The zero-order valence-electron chi connectivity index (χ0n) is 12.0. The van der Waals surface area contributed by atoms with Crippen molar-refractivity contribution in [3.8, 4) is 0 Å². The maximum Gasteiger partial charge on any atom is 0.337 e. The maximum absolute atomic E-state index is 12.0. The average molecular weight is 352 g/mol. The molecule has 1 amide bonds. The highest BCUT2D eigenvalue weighted by atomic mass is 35.5. The normalized spacial score (nSPS) is 11.7. The van der Waals surface area contributed by atoms with Gasteiger partial charge in [0.1, 0.15) is 5.75 Å². The number of nitrogens with one attached hydrogen (secondary N) is 1. The summed E-state index contributed by atoms with van der Waals surface area (Å²) in [5, 5.41) is 11.8. The Hall–Kier alpha value is -2.18. The van der Waals surface area contributed by atoms with Gasteiger partial charge in [0.2, 0.25) is 5.91 Å². The molecule has 2 N–H and O–H groups in total. The molecule has 0 aliphatic rings. The van der Waals surface area contributed by atoms with E-state index in [2.05, 4.69) is 5.32 Å². The molecule has 5 nitrogen and oxygen atoms in total. The molecule has 0 saturated carbocycles. The van der Waals surface area contributed by atoms with Crippen LogP contribution < -0.4 is 5.32 Å². The number of carboxylic acid groups (broad SMARTS) is 1. The van der Waals surface area contributed by atoms with Crippen LogP contribution in [0.3, 0.4) is 0 Å². The number of hydrogen-bond acceptors (Lipinski definition) is 3. The van der Waals surface area contributed by atoms with Crippen LogP contribution in [-0.4, -0.2) is 26.9 Å². The van der Waals surface area contributed by atoms with Gasteiger partial charge in [0.25, 0.3) is 0 Å². The van der Waals surface area contributed by atoms with E-state index in [-0.39, 0.29) is 22.8 Å². The molecule has 2 rings (SSSR count). The van der Waals surface area contributed by atoms with Crippen LogP contribution in [0.4, 0.5) is 5.69 Å². The molecule has 23 heavy (non-hydrogen) atoms. The van der Waals surface area contributed by atoms with E-state index < -0.39 is 22.7 Å². The van der Waals surface area contributed by atoms with E-state index in [1.54, 1.807) is 0 Å². The first-order valence-corrected chi connectivity index (χ1v) is 8.54. The monoisotopic (exact) mass is 351 g/mol. The highest BCUT2D eigenvalue weighted by Crippen LogP contribution is 2.21. The molecule has 1 atom stereocenters. The fourth-order valence-electron chi connectivity index (χ4n) is 1.95. The molecule has 0 heterocycles. The zero-order chi connectivity index (χ0) is 16.8.